The number of carbonyl (C=O) groups is 1. The van der Waals surface area contributed by atoms with Crippen molar-refractivity contribution in [1.29, 1.82) is 0 Å². The first-order chi connectivity index (χ1) is 9.04. The van der Waals surface area contributed by atoms with E-state index in [1.54, 1.807) is 0 Å². The Balaban J connectivity index is 2.80. The Hall–Kier alpha value is -0.570. The van der Waals surface area contributed by atoms with Crippen molar-refractivity contribution >= 4 is 5.91 Å². The molecule has 0 aromatic heterocycles. The third kappa shape index (κ3) is 4.20. The molecule has 1 saturated carbocycles. The number of hydrogen-bond acceptors (Lipinski definition) is 2. The van der Waals surface area contributed by atoms with Crippen molar-refractivity contribution in [3.63, 3.8) is 0 Å². The summed E-state index contributed by atoms with van der Waals surface area (Å²) in [6.07, 6.45) is 5.43. The quantitative estimate of drug-likeness (QED) is 0.771. The Labute approximate surface area is 118 Å². The fourth-order valence-corrected chi connectivity index (χ4v) is 3.40. The van der Waals surface area contributed by atoms with Gasteiger partial charge in [0.1, 0.15) is 0 Å². The molecular weight excluding hydrogens is 236 g/mol. The highest BCUT2D eigenvalue weighted by atomic mass is 16.2. The lowest BCUT2D eigenvalue weighted by Crippen LogP contribution is -2.46. The largest absolute Gasteiger partial charge is 0.339 e. The molecule has 3 nitrogen and oxygen atoms in total. The molecule has 0 saturated heterocycles. The summed E-state index contributed by atoms with van der Waals surface area (Å²) in [6, 6.07) is 0.397. The average Bonchev–Trinajstić information content (AvgIpc) is 2.85. The monoisotopic (exact) mass is 268 g/mol. The smallest absolute Gasteiger partial charge is 0.226 e. The fraction of sp³-hybridized carbons (Fsp3) is 0.938. The lowest BCUT2D eigenvalue weighted by atomic mass is 9.93. The number of rotatable bonds is 7. The van der Waals surface area contributed by atoms with Crippen LogP contribution < -0.4 is 5.73 Å². The van der Waals surface area contributed by atoms with E-state index >= 15 is 0 Å². The molecule has 3 heteroatoms. The topological polar surface area (TPSA) is 46.3 Å². The zero-order valence-electron chi connectivity index (χ0n) is 13.2. The number of hydrogen-bond donors (Lipinski definition) is 1. The zero-order chi connectivity index (χ0) is 14.4. The minimum atomic E-state index is 0.185. The predicted molar refractivity (Wildman–Crippen MR) is 80.8 cm³/mol. The fourth-order valence-electron chi connectivity index (χ4n) is 3.40. The maximum absolute atomic E-state index is 12.9. The molecule has 1 aliphatic rings. The van der Waals surface area contributed by atoms with E-state index in [0.717, 1.165) is 38.6 Å². The molecule has 1 aliphatic carbocycles. The highest BCUT2D eigenvalue weighted by molar-refractivity contribution is 5.79. The van der Waals surface area contributed by atoms with Crippen LogP contribution in [-0.4, -0.2) is 29.9 Å². The first-order valence-electron chi connectivity index (χ1n) is 8.05. The summed E-state index contributed by atoms with van der Waals surface area (Å²) in [5, 5.41) is 0. The standard InChI is InChI=1S/C16H32N2O/c1-5-14(6-2)18(11-12(3)4)16(19)15-9-7-8-13(15)10-17/h12-15H,5-11,17H2,1-4H3. The Morgan fingerprint density at radius 1 is 1.26 bits per heavy atom. The van der Waals surface area contributed by atoms with Gasteiger partial charge in [-0.1, -0.05) is 34.1 Å². The van der Waals surface area contributed by atoms with Crippen molar-refractivity contribution in [3.8, 4) is 0 Å². The third-order valence-corrected chi connectivity index (χ3v) is 4.51. The molecule has 0 aromatic rings. The van der Waals surface area contributed by atoms with Gasteiger partial charge < -0.3 is 10.6 Å². The number of amides is 1. The molecule has 1 amide bonds. The maximum Gasteiger partial charge on any atom is 0.226 e. The van der Waals surface area contributed by atoms with E-state index in [4.69, 9.17) is 5.73 Å². The van der Waals surface area contributed by atoms with Gasteiger partial charge in [-0.15, -0.1) is 0 Å². The molecule has 0 aromatic carbocycles. The van der Waals surface area contributed by atoms with Gasteiger partial charge >= 0.3 is 0 Å². The molecule has 2 unspecified atom stereocenters. The van der Waals surface area contributed by atoms with E-state index in [9.17, 15) is 4.79 Å². The normalized spacial score (nSPS) is 23.3. The molecule has 0 heterocycles. The van der Waals surface area contributed by atoms with Gasteiger partial charge in [-0.05, 0) is 44.1 Å². The highest BCUT2D eigenvalue weighted by Crippen LogP contribution is 2.33. The maximum atomic E-state index is 12.9. The Kier molecular flexibility index (Phi) is 6.84. The second-order valence-corrected chi connectivity index (χ2v) is 6.39. The summed E-state index contributed by atoms with van der Waals surface area (Å²) >= 11 is 0. The minimum absolute atomic E-state index is 0.185. The van der Waals surface area contributed by atoms with Crippen LogP contribution in [0.25, 0.3) is 0 Å². The van der Waals surface area contributed by atoms with E-state index in [0.29, 0.717) is 30.3 Å². The molecule has 0 aliphatic heterocycles. The van der Waals surface area contributed by atoms with Gasteiger partial charge in [-0.3, -0.25) is 4.79 Å². The van der Waals surface area contributed by atoms with Crippen LogP contribution in [0.5, 0.6) is 0 Å². The highest BCUT2D eigenvalue weighted by Gasteiger charge is 2.36. The predicted octanol–water partition coefficient (Wildman–Crippen LogP) is 3.03. The van der Waals surface area contributed by atoms with Gasteiger partial charge in [-0.25, -0.2) is 0 Å². The Bertz CT molecular complexity index is 274. The van der Waals surface area contributed by atoms with Crippen molar-refractivity contribution in [2.24, 2.45) is 23.5 Å². The second-order valence-electron chi connectivity index (χ2n) is 6.39. The van der Waals surface area contributed by atoms with Crippen molar-refractivity contribution in [2.75, 3.05) is 13.1 Å². The van der Waals surface area contributed by atoms with Gasteiger partial charge in [0.25, 0.3) is 0 Å². The molecule has 2 N–H and O–H groups in total. The average molecular weight is 268 g/mol. The van der Waals surface area contributed by atoms with Crippen LogP contribution in [0.3, 0.4) is 0 Å². The van der Waals surface area contributed by atoms with Gasteiger partial charge in [0.05, 0.1) is 0 Å². The Morgan fingerprint density at radius 2 is 1.89 bits per heavy atom. The van der Waals surface area contributed by atoms with E-state index in [1.807, 2.05) is 0 Å². The molecular formula is C16H32N2O. The molecule has 0 radical (unpaired) electrons. The van der Waals surface area contributed by atoms with Crippen LogP contribution >= 0.6 is 0 Å². The van der Waals surface area contributed by atoms with Crippen LogP contribution in [0.1, 0.15) is 59.8 Å². The van der Waals surface area contributed by atoms with Gasteiger partial charge in [-0.2, -0.15) is 0 Å². The first-order valence-corrected chi connectivity index (χ1v) is 8.05. The lowest BCUT2D eigenvalue weighted by Gasteiger charge is -2.35. The summed E-state index contributed by atoms with van der Waals surface area (Å²) in [5.41, 5.74) is 5.83. The van der Waals surface area contributed by atoms with E-state index in [-0.39, 0.29) is 5.92 Å². The van der Waals surface area contributed by atoms with Crippen LogP contribution in [0.15, 0.2) is 0 Å². The third-order valence-electron chi connectivity index (χ3n) is 4.51. The summed E-state index contributed by atoms with van der Waals surface area (Å²) < 4.78 is 0. The SMILES string of the molecule is CCC(CC)N(CC(C)C)C(=O)C1CCCC1CN. The van der Waals surface area contributed by atoms with Crippen molar-refractivity contribution < 1.29 is 4.79 Å². The summed E-state index contributed by atoms with van der Waals surface area (Å²) in [5.74, 6) is 1.50. The van der Waals surface area contributed by atoms with E-state index in [2.05, 4.69) is 32.6 Å². The van der Waals surface area contributed by atoms with E-state index in [1.165, 1.54) is 0 Å². The minimum Gasteiger partial charge on any atom is -0.339 e. The van der Waals surface area contributed by atoms with Crippen molar-refractivity contribution in [3.05, 3.63) is 0 Å². The van der Waals surface area contributed by atoms with Gasteiger partial charge in [0, 0.05) is 18.5 Å². The number of nitrogens with zero attached hydrogens (tertiary/aromatic N) is 1. The molecule has 0 spiro atoms. The van der Waals surface area contributed by atoms with Crippen LogP contribution in [0, 0.1) is 17.8 Å². The van der Waals surface area contributed by atoms with Crippen LogP contribution in [0.4, 0.5) is 0 Å². The molecule has 112 valence electrons. The molecule has 19 heavy (non-hydrogen) atoms. The Morgan fingerprint density at radius 3 is 2.37 bits per heavy atom. The molecule has 2 atom stereocenters. The molecule has 1 rings (SSSR count). The second kappa shape index (κ2) is 7.88. The van der Waals surface area contributed by atoms with Crippen LogP contribution in [-0.2, 0) is 4.79 Å². The zero-order valence-corrected chi connectivity index (χ0v) is 13.2. The van der Waals surface area contributed by atoms with Crippen molar-refractivity contribution in [2.45, 2.75) is 65.8 Å². The first kappa shape index (κ1) is 16.5. The van der Waals surface area contributed by atoms with Gasteiger partial charge in [0.2, 0.25) is 5.91 Å². The molecule has 1 fully saturated rings. The number of carbonyl (C=O) groups excluding carboxylic acids is 1. The lowest BCUT2D eigenvalue weighted by molar-refractivity contribution is -0.139. The summed E-state index contributed by atoms with van der Waals surface area (Å²) in [6.45, 7) is 10.3. The summed E-state index contributed by atoms with van der Waals surface area (Å²) in [7, 11) is 0. The van der Waals surface area contributed by atoms with Crippen molar-refractivity contribution in [1.82, 2.24) is 4.90 Å². The van der Waals surface area contributed by atoms with Gasteiger partial charge in [0.15, 0.2) is 0 Å². The number of nitrogens with two attached hydrogens (primary N) is 1. The van der Waals surface area contributed by atoms with Crippen LogP contribution in [0.2, 0.25) is 0 Å². The molecule has 0 bridgehead atoms. The summed E-state index contributed by atoms with van der Waals surface area (Å²) in [4.78, 5) is 15.0. The van der Waals surface area contributed by atoms with E-state index < -0.39 is 0 Å².